The Labute approximate surface area is 104 Å². The molecule has 0 radical (unpaired) electrons. The van der Waals surface area contributed by atoms with Gasteiger partial charge in [-0.1, -0.05) is 0 Å². The number of hydrogen-bond acceptors (Lipinski definition) is 6. The minimum Gasteiger partial charge on any atom is -0.508 e. The standard InChI is InChI=1S/C10H12N2O5S/c13-8-1-2-9(10(5-8)12(14)15)11-7-3-4-18(16,17)6-7/h1-2,5,7,11,13H,3-4,6H2. The molecule has 2 N–H and O–H groups in total. The minimum absolute atomic E-state index is 0.0228. The monoisotopic (exact) mass is 272 g/mol. The van der Waals surface area contributed by atoms with Crippen LogP contribution in [0.2, 0.25) is 0 Å². The van der Waals surface area contributed by atoms with Gasteiger partial charge in [-0.25, -0.2) is 8.42 Å². The van der Waals surface area contributed by atoms with Gasteiger partial charge in [0.25, 0.3) is 5.69 Å². The number of phenolic OH excluding ortho intramolecular Hbond substituents is 1. The van der Waals surface area contributed by atoms with Crippen LogP contribution in [0.1, 0.15) is 6.42 Å². The van der Waals surface area contributed by atoms with Gasteiger partial charge in [0.15, 0.2) is 9.84 Å². The summed E-state index contributed by atoms with van der Waals surface area (Å²) in [4.78, 5) is 10.2. The van der Waals surface area contributed by atoms with Crippen LogP contribution >= 0.6 is 0 Å². The molecule has 1 unspecified atom stereocenters. The lowest BCUT2D eigenvalue weighted by Gasteiger charge is -2.12. The fraction of sp³-hybridized carbons (Fsp3) is 0.400. The van der Waals surface area contributed by atoms with E-state index in [1.807, 2.05) is 0 Å². The lowest BCUT2D eigenvalue weighted by molar-refractivity contribution is -0.384. The van der Waals surface area contributed by atoms with Gasteiger partial charge in [-0.15, -0.1) is 0 Å². The normalized spacial score (nSPS) is 21.7. The molecule has 0 aliphatic carbocycles. The summed E-state index contributed by atoms with van der Waals surface area (Å²) in [6.45, 7) is 0. The van der Waals surface area contributed by atoms with Crippen LogP contribution in [0.4, 0.5) is 11.4 Å². The molecule has 0 saturated carbocycles. The second-order valence-corrected chi connectivity index (χ2v) is 6.43. The summed E-state index contributed by atoms with van der Waals surface area (Å²) in [6.07, 6.45) is 0.431. The first-order chi connectivity index (χ1) is 8.37. The Morgan fingerprint density at radius 3 is 2.72 bits per heavy atom. The van der Waals surface area contributed by atoms with Crippen molar-refractivity contribution in [2.24, 2.45) is 0 Å². The van der Waals surface area contributed by atoms with Crippen molar-refractivity contribution in [3.8, 4) is 5.75 Å². The average Bonchev–Trinajstić information content (AvgIpc) is 2.60. The molecule has 1 aliphatic heterocycles. The largest absolute Gasteiger partial charge is 0.508 e. The Morgan fingerprint density at radius 1 is 1.44 bits per heavy atom. The first-order valence-corrected chi connectivity index (χ1v) is 7.14. The lowest BCUT2D eigenvalue weighted by atomic mass is 10.2. The summed E-state index contributed by atoms with van der Waals surface area (Å²) < 4.78 is 22.6. The number of nitro benzene ring substituents is 1. The highest BCUT2D eigenvalue weighted by Crippen LogP contribution is 2.30. The second kappa shape index (κ2) is 4.45. The smallest absolute Gasteiger partial charge is 0.296 e. The molecule has 1 fully saturated rings. The van der Waals surface area contributed by atoms with Crippen LogP contribution in [0, 0.1) is 10.1 Å². The van der Waals surface area contributed by atoms with Crippen LogP contribution in [-0.4, -0.2) is 36.0 Å². The van der Waals surface area contributed by atoms with E-state index in [0.717, 1.165) is 6.07 Å². The van der Waals surface area contributed by atoms with Gasteiger partial charge in [0, 0.05) is 6.04 Å². The third kappa shape index (κ3) is 2.70. The molecule has 1 atom stereocenters. The summed E-state index contributed by atoms with van der Waals surface area (Å²) in [5.41, 5.74) is -0.0424. The molecule has 0 aromatic heterocycles. The fourth-order valence-corrected chi connectivity index (χ4v) is 3.60. The van der Waals surface area contributed by atoms with Gasteiger partial charge in [-0.2, -0.15) is 0 Å². The molecule has 0 spiro atoms. The van der Waals surface area contributed by atoms with Gasteiger partial charge in [0.05, 0.1) is 22.5 Å². The third-order valence-corrected chi connectivity index (χ3v) is 4.54. The van der Waals surface area contributed by atoms with Crippen molar-refractivity contribution in [3.63, 3.8) is 0 Å². The highest BCUT2D eigenvalue weighted by atomic mass is 32.2. The number of anilines is 1. The summed E-state index contributed by atoms with van der Waals surface area (Å²) in [7, 11) is -3.04. The van der Waals surface area contributed by atoms with Crippen molar-refractivity contribution in [3.05, 3.63) is 28.3 Å². The number of benzene rings is 1. The molecule has 0 amide bonds. The van der Waals surface area contributed by atoms with E-state index >= 15 is 0 Å². The van der Waals surface area contributed by atoms with Gasteiger partial charge < -0.3 is 10.4 Å². The number of sulfone groups is 1. The predicted octanol–water partition coefficient (Wildman–Crippen LogP) is 0.899. The maximum atomic E-state index is 11.3. The van der Waals surface area contributed by atoms with Crippen LogP contribution in [0.25, 0.3) is 0 Å². The molecule has 7 nitrogen and oxygen atoms in total. The Hall–Kier alpha value is -1.83. The summed E-state index contributed by atoms with van der Waals surface area (Å²) in [6, 6.07) is 3.40. The Morgan fingerprint density at radius 2 is 2.17 bits per heavy atom. The zero-order valence-electron chi connectivity index (χ0n) is 9.37. The number of nitro groups is 1. The van der Waals surface area contributed by atoms with E-state index in [1.54, 1.807) is 0 Å². The zero-order valence-corrected chi connectivity index (χ0v) is 10.2. The Bertz CT molecular complexity index is 584. The molecule has 1 heterocycles. The molecule has 8 heteroatoms. The zero-order chi connectivity index (χ0) is 13.3. The highest BCUT2D eigenvalue weighted by molar-refractivity contribution is 7.91. The third-order valence-electron chi connectivity index (χ3n) is 2.77. The molecule has 1 aromatic carbocycles. The van der Waals surface area contributed by atoms with Crippen molar-refractivity contribution in [1.29, 1.82) is 0 Å². The molecule has 1 aromatic rings. The van der Waals surface area contributed by atoms with Gasteiger partial charge in [0.1, 0.15) is 11.4 Å². The van der Waals surface area contributed by atoms with E-state index in [-0.39, 0.29) is 34.7 Å². The summed E-state index contributed by atoms with van der Waals surface area (Å²) in [5.74, 6) is -0.131. The van der Waals surface area contributed by atoms with Gasteiger partial charge >= 0.3 is 0 Å². The fourth-order valence-electron chi connectivity index (χ4n) is 1.92. The number of phenols is 1. The Balaban J connectivity index is 2.22. The minimum atomic E-state index is -3.04. The molecule has 2 rings (SSSR count). The SMILES string of the molecule is O=[N+]([O-])c1cc(O)ccc1NC1CCS(=O)(=O)C1. The molecule has 1 aliphatic rings. The van der Waals surface area contributed by atoms with E-state index in [1.165, 1.54) is 12.1 Å². The van der Waals surface area contributed by atoms with Crippen molar-refractivity contribution in [2.75, 3.05) is 16.8 Å². The first kappa shape index (κ1) is 12.6. The number of rotatable bonds is 3. The molecule has 98 valence electrons. The van der Waals surface area contributed by atoms with Crippen molar-refractivity contribution < 1.29 is 18.4 Å². The lowest BCUT2D eigenvalue weighted by Crippen LogP contribution is -2.21. The quantitative estimate of drug-likeness (QED) is 0.480. The Kier molecular flexibility index (Phi) is 3.12. The van der Waals surface area contributed by atoms with E-state index in [9.17, 15) is 23.6 Å². The summed E-state index contributed by atoms with van der Waals surface area (Å²) >= 11 is 0. The van der Waals surface area contributed by atoms with Crippen LogP contribution in [-0.2, 0) is 9.84 Å². The molecule has 18 heavy (non-hydrogen) atoms. The second-order valence-electron chi connectivity index (χ2n) is 4.20. The van der Waals surface area contributed by atoms with Crippen LogP contribution in [0.3, 0.4) is 0 Å². The van der Waals surface area contributed by atoms with Gasteiger partial charge in [-0.3, -0.25) is 10.1 Å². The number of nitrogens with zero attached hydrogens (tertiary/aromatic N) is 1. The number of aromatic hydroxyl groups is 1. The predicted molar refractivity (Wildman–Crippen MR) is 65.4 cm³/mol. The van der Waals surface area contributed by atoms with Crippen molar-refractivity contribution in [1.82, 2.24) is 0 Å². The van der Waals surface area contributed by atoms with Gasteiger partial charge in [0.2, 0.25) is 0 Å². The number of nitrogens with one attached hydrogen (secondary N) is 1. The first-order valence-electron chi connectivity index (χ1n) is 5.32. The van der Waals surface area contributed by atoms with Crippen LogP contribution in [0.15, 0.2) is 18.2 Å². The van der Waals surface area contributed by atoms with E-state index in [4.69, 9.17) is 0 Å². The molecular formula is C10H12N2O5S. The van der Waals surface area contributed by atoms with Crippen LogP contribution < -0.4 is 5.32 Å². The maximum Gasteiger partial charge on any atom is 0.296 e. The highest BCUT2D eigenvalue weighted by Gasteiger charge is 2.29. The molecule has 1 saturated heterocycles. The maximum absolute atomic E-state index is 11.3. The number of hydrogen-bond donors (Lipinski definition) is 2. The summed E-state index contributed by atoms with van der Waals surface area (Å²) in [5, 5.41) is 22.9. The van der Waals surface area contributed by atoms with E-state index < -0.39 is 14.8 Å². The van der Waals surface area contributed by atoms with Crippen molar-refractivity contribution in [2.45, 2.75) is 12.5 Å². The van der Waals surface area contributed by atoms with Crippen molar-refractivity contribution >= 4 is 21.2 Å². The topological polar surface area (TPSA) is 110 Å². The van der Waals surface area contributed by atoms with E-state index in [0.29, 0.717) is 6.42 Å². The van der Waals surface area contributed by atoms with Crippen LogP contribution in [0.5, 0.6) is 5.75 Å². The average molecular weight is 272 g/mol. The molecular weight excluding hydrogens is 260 g/mol. The molecule has 0 bridgehead atoms. The van der Waals surface area contributed by atoms with E-state index in [2.05, 4.69) is 5.32 Å². The van der Waals surface area contributed by atoms with Gasteiger partial charge in [-0.05, 0) is 18.6 Å².